The molecule has 0 radical (unpaired) electrons. The number of allylic oxidation sites excluding steroid dienone is 2. The van der Waals surface area contributed by atoms with Crippen LogP contribution in [0.5, 0.6) is 0 Å². The molecular formula is C16H30OSi. The van der Waals surface area contributed by atoms with Gasteiger partial charge in [0.15, 0.2) is 8.32 Å². The maximum atomic E-state index is 6.39. The summed E-state index contributed by atoms with van der Waals surface area (Å²) in [6.07, 6.45) is 10.5. The second kappa shape index (κ2) is 6.38. The predicted octanol–water partition coefficient (Wildman–Crippen LogP) is 5.00. The summed E-state index contributed by atoms with van der Waals surface area (Å²) in [6, 6.07) is 4.20. The van der Waals surface area contributed by atoms with Gasteiger partial charge < -0.3 is 4.43 Å². The summed E-state index contributed by atoms with van der Waals surface area (Å²) in [5.74, 6) is 2.77. The average Bonchev–Trinajstić information content (AvgIpc) is 2.92. The van der Waals surface area contributed by atoms with Gasteiger partial charge in [0.05, 0.1) is 0 Å². The summed E-state index contributed by atoms with van der Waals surface area (Å²) in [4.78, 5) is 0. The van der Waals surface area contributed by atoms with E-state index in [4.69, 9.17) is 4.43 Å². The van der Waals surface area contributed by atoms with Crippen molar-refractivity contribution in [3.63, 3.8) is 0 Å². The minimum absolute atomic E-state index is 0.899. The molecule has 0 aliphatic heterocycles. The first-order valence-electron chi connectivity index (χ1n) is 8.05. The van der Waals surface area contributed by atoms with Gasteiger partial charge >= 0.3 is 0 Å². The molecule has 2 rings (SSSR count). The van der Waals surface area contributed by atoms with E-state index in [-0.39, 0.29) is 0 Å². The molecule has 0 aromatic rings. The molecular weight excluding hydrogens is 236 g/mol. The van der Waals surface area contributed by atoms with E-state index in [2.05, 4.69) is 32.9 Å². The summed E-state index contributed by atoms with van der Waals surface area (Å²) in [5, 5.41) is 0. The van der Waals surface area contributed by atoms with E-state index < -0.39 is 8.32 Å². The lowest BCUT2D eigenvalue weighted by Crippen LogP contribution is -2.40. The molecule has 0 N–H and O–H groups in total. The number of hydrogen-bond acceptors (Lipinski definition) is 1. The topological polar surface area (TPSA) is 9.23 Å². The predicted molar refractivity (Wildman–Crippen MR) is 81.2 cm³/mol. The molecule has 3 unspecified atom stereocenters. The molecule has 0 heterocycles. The van der Waals surface area contributed by atoms with E-state index in [1.807, 2.05) is 0 Å². The molecule has 1 nitrogen and oxygen atoms in total. The molecule has 2 aliphatic carbocycles. The van der Waals surface area contributed by atoms with E-state index in [1.54, 1.807) is 0 Å². The molecule has 1 fully saturated rings. The van der Waals surface area contributed by atoms with Gasteiger partial charge in [-0.3, -0.25) is 0 Å². The van der Waals surface area contributed by atoms with Crippen molar-refractivity contribution in [3.8, 4) is 0 Å². The van der Waals surface area contributed by atoms with Gasteiger partial charge in [-0.25, -0.2) is 0 Å². The number of fused-ring (bicyclic) bond motifs is 2. The van der Waals surface area contributed by atoms with Crippen LogP contribution in [0.2, 0.25) is 18.1 Å². The van der Waals surface area contributed by atoms with Crippen molar-refractivity contribution in [2.24, 2.45) is 17.8 Å². The second-order valence-electron chi connectivity index (χ2n) is 6.36. The first-order chi connectivity index (χ1) is 8.73. The van der Waals surface area contributed by atoms with Crippen LogP contribution in [0.15, 0.2) is 12.2 Å². The summed E-state index contributed by atoms with van der Waals surface area (Å²) in [6.45, 7) is 7.78. The average molecular weight is 267 g/mol. The minimum atomic E-state index is -1.43. The third-order valence-electron chi connectivity index (χ3n) is 4.91. The van der Waals surface area contributed by atoms with Gasteiger partial charge in [-0.15, -0.1) is 0 Å². The van der Waals surface area contributed by atoms with Crippen molar-refractivity contribution in [1.29, 1.82) is 0 Å². The van der Waals surface area contributed by atoms with E-state index in [1.165, 1.54) is 43.8 Å². The van der Waals surface area contributed by atoms with Gasteiger partial charge in [0.25, 0.3) is 0 Å². The molecule has 2 bridgehead atoms. The van der Waals surface area contributed by atoms with Crippen molar-refractivity contribution in [2.45, 2.75) is 64.6 Å². The molecule has 0 aromatic heterocycles. The van der Waals surface area contributed by atoms with Crippen LogP contribution in [-0.4, -0.2) is 14.9 Å². The Hall–Kier alpha value is -0.0831. The quantitative estimate of drug-likeness (QED) is 0.444. The van der Waals surface area contributed by atoms with E-state index in [0.717, 1.165) is 24.4 Å². The molecule has 0 amide bonds. The van der Waals surface area contributed by atoms with Gasteiger partial charge in [0.2, 0.25) is 0 Å². The Morgan fingerprint density at radius 2 is 1.78 bits per heavy atom. The van der Waals surface area contributed by atoms with Crippen molar-refractivity contribution < 1.29 is 4.43 Å². The molecule has 0 aromatic carbocycles. The normalized spacial score (nSPS) is 30.3. The van der Waals surface area contributed by atoms with Gasteiger partial charge in [-0.1, -0.05) is 38.8 Å². The maximum absolute atomic E-state index is 6.39. The van der Waals surface area contributed by atoms with Gasteiger partial charge in [0.1, 0.15) is 0 Å². The lowest BCUT2D eigenvalue weighted by molar-refractivity contribution is 0.304. The van der Waals surface area contributed by atoms with Crippen LogP contribution in [-0.2, 0) is 4.43 Å². The van der Waals surface area contributed by atoms with Crippen LogP contribution in [0.3, 0.4) is 0 Å². The second-order valence-corrected chi connectivity index (χ2v) is 10.4. The highest BCUT2D eigenvalue weighted by Gasteiger charge is 2.42. The highest BCUT2D eigenvalue weighted by Crippen LogP contribution is 2.48. The third kappa shape index (κ3) is 3.08. The zero-order valence-corrected chi connectivity index (χ0v) is 13.5. The summed E-state index contributed by atoms with van der Waals surface area (Å²) < 4.78 is 6.39. The van der Waals surface area contributed by atoms with Crippen LogP contribution < -0.4 is 0 Å². The lowest BCUT2D eigenvalue weighted by Gasteiger charge is -2.35. The van der Waals surface area contributed by atoms with Crippen LogP contribution in [0, 0.1) is 17.8 Å². The van der Waals surface area contributed by atoms with Gasteiger partial charge in [-0.05, 0) is 55.7 Å². The first-order valence-corrected chi connectivity index (χ1v) is 10.6. The first kappa shape index (κ1) is 14.3. The van der Waals surface area contributed by atoms with Crippen molar-refractivity contribution >= 4 is 8.32 Å². The van der Waals surface area contributed by atoms with Crippen molar-refractivity contribution in [2.75, 3.05) is 6.61 Å². The van der Waals surface area contributed by atoms with Crippen LogP contribution >= 0.6 is 0 Å². The van der Waals surface area contributed by atoms with Crippen molar-refractivity contribution in [1.82, 2.24) is 0 Å². The lowest BCUT2D eigenvalue weighted by atomic mass is 9.96. The Bertz CT molecular complexity index is 270. The minimum Gasteiger partial charge on any atom is -0.417 e. The van der Waals surface area contributed by atoms with E-state index >= 15 is 0 Å². The fourth-order valence-electron chi connectivity index (χ4n) is 4.36. The van der Waals surface area contributed by atoms with Gasteiger partial charge in [-0.2, -0.15) is 0 Å². The van der Waals surface area contributed by atoms with Crippen LogP contribution in [0.4, 0.5) is 0 Å². The van der Waals surface area contributed by atoms with Crippen molar-refractivity contribution in [3.05, 3.63) is 12.2 Å². The summed E-state index contributed by atoms with van der Waals surface area (Å²) in [5.41, 5.74) is 0. The smallest absolute Gasteiger partial charge is 0.193 e. The monoisotopic (exact) mass is 266 g/mol. The standard InChI is InChI=1S/C16H30OSi/c1-4-9-18(10-5-2,17-6-3)13-16-12-14-7-8-15(16)11-14/h7-8,14-16H,4-6,9-13H2,1-3H3. The highest BCUT2D eigenvalue weighted by atomic mass is 28.4. The fraction of sp³-hybridized carbons (Fsp3) is 0.875. The molecule has 104 valence electrons. The van der Waals surface area contributed by atoms with E-state index in [0.29, 0.717) is 0 Å². The largest absolute Gasteiger partial charge is 0.417 e. The van der Waals surface area contributed by atoms with Crippen LogP contribution in [0.25, 0.3) is 0 Å². The molecule has 2 aliphatic rings. The Labute approximate surface area is 114 Å². The molecule has 18 heavy (non-hydrogen) atoms. The third-order valence-corrected chi connectivity index (χ3v) is 9.90. The zero-order valence-electron chi connectivity index (χ0n) is 12.5. The highest BCUT2D eigenvalue weighted by molar-refractivity contribution is 6.73. The van der Waals surface area contributed by atoms with E-state index in [9.17, 15) is 0 Å². The maximum Gasteiger partial charge on any atom is 0.193 e. The van der Waals surface area contributed by atoms with Gasteiger partial charge in [0, 0.05) is 6.61 Å². The molecule has 2 heteroatoms. The Balaban J connectivity index is 2.01. The van der Waals surface area contributed by atoms with Crippen LogP contribution in [0.1, 0.15) is 46.5 Å². The zero-order chi connectivity index (χ0) is 13.0. The Morgan fingerprint density at radius 1 is 1.06 bits per heavy atom. The fourth-order valence-corrected chi connectivity index (χ4v) is 9.28. The Morgan fingerprint density at radius 3 is 2.22 bits per heavy atom. The summed E-state index contributed by atoms with van der Waals surface area (Å²) in [7, 11) is -1.43. The SMILES string of the molecule is CCC[Si](CCC)(CC1CC2C=CC1C2)OCC. The summed E-state index contributed by atoms with van der Waals surface area (Å²) >= 11 is 0. The Kier molecular flexibility index (Phi) is 5.08. The molecule has 0 saturated heterocycles. The molecule has 0 spiro atoms. The molecule has 1 saturated carbocycles. The number of hydrogen-bond donors (Lipinski definition) is 0. The molecule has 3 atom stereocenters. The number of rotatable bonds is 8.